The normalized spacial score (nSPS) is 10.1. The maximum Gasteiger partial charge on any atom is 0.139 e. The molecule has 0 aliphatic heterocycles. The fourth-order valence-corrected chi connectivity index (χ4v) is 1.59. The highest BCUT2D eigenvalue weighted by Crippen LogP contribution is 2.15. The van der Waals surface area contributed by atoms with Crippen molar-refractivity contribution in [1.29, 1.82) is 0 Å². The van der Waals surface area contributed by atoms with Crippen LogP contribution in [0.3, 0.4) is 0 Å². The van der Waals surface area contributed by atoms with Gasteiger partial charge in [0.15, 0.2) is 0 Å². The van der Waals surface area contributed by atoms with Crippen molar-refractivity contribution < 1.29 is 0 Å². The molecule has 0 unspecified atom stereocenters. The van der Waals surface area contributed by atoms with E-state index < -0.39 is 0 Å². The molecule has 0 saturated heterocycles. The zero-order valence-corrected chi connectivity index (χ0v) is 7.94. The summed E-state index contributed by atoms with van der Waals surface area (Å²) >= 11 is 0. The standard InChI is InChI=1S/C11H10N3/c1-2-14-10-6-4-3-5-9(10)13-11(14)7-8-12/h3-7H,2H2,1H3/q-1. The summed E-state index contributed by atoms with van der Waals surface area (Å²) < 4.78 is 2.03. The van der Waals surface area contributed by atoms with Crippen molar-refractivity contribution in [1.82, 2.24) is 9.55 Å². The minimum Gasteiger partial charge on any atom is -0.763 e. The molecule has 3 nitrogen and oxygen atoms in total. The summed E-state index contributed by atoms with van der Waals surface area (Å²) in [6.07, 6.45) is 1.48. The predicted molar refractivity (Wildman–Crippen MR) is 58.2 cm³/mol. The van der Waals surface area contributed by atoms with Gasteiger partial charge in [0.2, 0.25) is 0 Å². The Bertz CT molecular complexity index is 504. The SMILES string of the molecule is CCn1c(C=C=[N-])nc2ccccc21. The summed E-state index contributed by atoms with van der Waals surface area (Å²) in [5, 5.41) is 8.61. The van der Waals surface area contributed by atoms with Crippen molar-refractivity contribution in [3.8, 4) is 0 Å². The summed E-state index contributed by atoms with van der Waals surface area (Å²) in [4.78, 5) is 4.36. The summed E-state index contributed by atoms with van der Waals surface area (Å²) in [6, 6.07) is 7.90. The molecule has 0 fully saturated rings. The van der Waals surface area contributed by atoms with Crippen LogP contribution in [0.15, 0.2) is 24.3 Å². The second-order valence-corrected chi connectivity index (χ2v) is 2.98. The summed E-state index contributed by atoms with van der Waals surface area (Å²) in [7, 11) is 0. The van der Waals surface area contributed by atoms with Gasteiger partial charge in [-0.25, -0.2) is 4.98 Å². The quantitative estimate of drug-likeness (QED) is 0.660. The van der Waals surface area contributed by atoms with Crippen LogP contribution in [-0.2, 0) is 6.54 Å². The van der Waals surface area contributed by atoms with Gasteiger partial charge in [-0.2, -0.15) is 0 Å². The minimum atomic E-state index is 0.733. The fourth-order valence-electron chi connectivity index (χ4n) is 1.59. The van der Waals surface area contributed by atoms with Gasteiger partial charge in [0, 0.05) is 6.54 Å². The number of benzene rings is 1. The lowest BCUT2D eigenvalue weighted by molar-refractivity contribution is 0.778. The van der Waals surface area contributed by atoms with Crippen molar-refractivity contribution in [2.24, 2.45) is 0 Å². The summed E-state index contributed by atoms with van der Waals surface area (Å²) in [6.45, 7) is 2.87. The second kappa shape index (κ2) is 3.48. The number of aromatic nitrogens is 2. The number of hydrogen-bond acceptors (Lipinski definition) is 1. The van der Waals surface area contributed by atoms with Crippen LogP contribution >= 0.6 is 0 Å². The van der Waals surface area contributed by atoms with Crippen molar-refractivity contribution in [2.75, 3.05) is 0 Å². The molecule has 0 bridgehead atoms. The van der Waals surface area contributed by atoms with Crippen LogP contribution in [0.25, 0.3) is 22.5 Å². The van der Waals surface area contributed by atoms with Gasteiger partial charge in [-0.3, -0.25) is 5.87 Å². The molecule has 14 heavy (non-hydrogen) atoms. The lowest BCUT2D eigenvalue weighted by Crippen LogP contribution is -1.96. The van der Waals surface area contributed by atoms with Crippen LogP contribution in [0.1, 0.15) is 12.7 Å². The number of aryl methyl sites for hydroxylation is 1. The molecule has 2 aromatic rings. The molecule has 0 aliphatic rings. The Kier molecular flexibility index (Phi) is 2.17. The molecular weight excluding hydrogens is 174 g/mol. The molecule has 0 amide bonds. The Labute approximate surface area is 82.2 Å². The molecule has 0 radical (unpaired) electrons. The van der Waals surface area contributed by atoms with Crippen LogP contribution < -0.4 is 0 Å². The Morgan fingerprint density at radius 1 is 1.50 bits per heavy atom. The van der Waals surface area contributed by atoms with E-state index >= 15 is 0 Å². The topological polar surface area (TPSA) is 40.1 Å². The van der Waals surface area contributed by atoms with E-state index in [1.807, 2.05) is 41.6 Å². The van der Waals surface area contributed by atoms with E-state index in [0.29, 0.717) is 0 Å². The average Bonchev–Trinajstić information content (AvgIpc) is 2.55. The van der Waals surface area contributed by atoms with Crippen molar-refractivity contribution >= 4 is 23.0 Å². The number of imidazole rings is 1. The molecule has 0 saturated carbocycles. The monoisotopic (exact) mass is 184 g/mol. The lowest BCUT2D eigenvalue weighted by Gasteiger charge is -2.00. The van der Waals surface area contributed by atoms with Gasteiger partial charge < -0.3 is 9.98 Å². The van der Waals surface area contributed by atoms with Crippen LogP contribution in [0, 0.1) is 0 Å². The maximum atomic E-state index is 8.61. The van der Waals surface area contributed by atoms with Gasteiger partial charge in [0.25, 0.3) is 0 Å². The first-order valence-electron chi connectivity index (χ1n) is 4.55. The van der Waals surface area contributed by atoms with Gasteiger partial charge in [-0.05, 0) is 25.1 Å². The van der Waals surface area contributed by atoms with E-state index in [4.69, 9.17) is 5.41 Å². The zero-order chi connectivity index (χ0) is 9.97. The third-order valence-corrected chi connectivity index (χ3v) is 2.19. The first-order chi connectivity index (χ1) is 6.86. The first kappa shape index (κ1) is 8.73. The van der Waals surface area contributed by atoms with Crippen molar-refractivity contribution in [3.05, 3.63) is 35.5 Å². The zero-order valence-electron chi connectivity index (χ0n) is 7.94. The minimum absolute atomic E-state index is 0.733. The van der Waals surface area contributed by atoms with Crippen LogP contribution in [-0.4, -0.2) is 15.4 Å². The second-order valence-electron chi connectivity index (χ2n) is 2.98. The number of rotatable bonds is 2. The van der Waals surface area contributed by atoms with Crippen LogP contribution in [0.5, 0.6) is 0 Å². The molecule has 0 spiro atoms. The van der Waals surface area contributed by atoms with Gasteiger partial charge in [-0.15, -0.1) is 0 Å². The first-order valence-corrected chi connectivity index (χ1v) is 4.55. The molecule has 3 heteroatoms. The molecule has 1 aromatic heterocycles. The molecule has 2 rings (SSSR count). The van der Waals surface area contributed by atoms with E-state index in [0.717, 1.165) is 23.4 Å². The number of fused-ring (bicyclic) bond motifs is 1. The Balaban J connectivity index is 2.78. The average molecular weight is 184 g/mol. The third-order valence-electron chi connectivity index (χ3n) is 2.19. The van der Waals surface area contributed by atoms with Gasteiger partial charge in [-0.1, -0.05) is 12.1 Å². The Hall–Kier alpha value is -1.86. The predicted octanol–water partition coefficient (Wildman–Crippen LogP) is 2.31. The fraction of sp³-hybridized carbons (Fsp3) is 0.182. The molecule has 70 valence electrons. The third kappa shape index (κ3) is 1.24. The van der Waals surface area contributed by atoms with E-state index in [9.17, 15) is 0 Å². The molecule has 0 aliphatic carbocycles. The Morgan fingerprint density at radius 3 is 3.00 bits per heavy atom. The van der Waals surface area contributed by atoms with Crippen molar-refractivity contribution in [3.63, 3.8) is 0 Å². The number of hydrogen-bond donors (Lipinski definition) is 0. The van der Waals surface area contributed by atoms with Gasteiger partial charge in [0.1, 0.15) is 5.82 Å². The smallest absolute Gasteiger partial charge is 0.139 e. The van der Waals surface area contributed by atoms with E-state index in [-0.39, 0.29) is 0 Å². The number of para-hydroxylation sites is 2. The van der Waals surface area contributed by atoms with Crippen LogP contribution in [0.2, 0.25) is 0 Å². The van der Waals surface area contributed by atoms with E-state index in [1.54, 1.807) is 0 Å². The van der Waals surface area contributed by atoms with Crippen LogP contribution in [0.4, 0.5) is 0 Å². The summed E-state index contributed by atoms with van der Waals surface area (Å²) in [5.41, 5.74) is 2.02. The summed E-state index contributed by atoms with van der Waals surface area (Å²) in [5.74, 6) is 2.74. The molecule has 0 atom stereocenters. The molecule has 1 aromatic carbocycles. The van der Waals surface area contributed by atoms with E-state index in [2.05, 4.69) is 4.98 Å². The molecular formula is C11H10N3-. The largest absolute Gasteiger partial charge is 0.763 e. The lowest BCUT2D eigenvalue weighted by atomic mass is 10.3. The highest BCUT2D eigenvalue weighted by Gasteiger charge is 2.04. The Morgan fingerprint density at radius 2 is 2.29 bits per heavy atom. The van der Waals surface area contributed by atoms with Gasteiger partial charge >= 0.3 is 0 Å². The highest BCUT2D eigenvalue weighted by molar-refractivity contribution is 5.83. The maximum absolute atomic E-state index is 8.61. The van der Waals surface area contributed by atoms with Crippen molar-refractivity contribution in [2.45, 2.75) is 13.5 Å². The number of nitrogens with zero attached hydrogens (tertiary/aromatic N) is 3. The molecule has 0 N–H and O–H groups in total. The van der Waals surface area contributed by atoms with E-state index in [1.165, 1.54) is 6.08 Å². The highest BCUT2D eigenvalue weighted by atomic mass is 15.1. The van der Waals surface area contributed by atoms with Gasteiger partial charge in [0.05, 0.1) is 11.0 Å². The molecule has 1 heterocycles.